The van der Waals surface area contributed by atoms with E-state index in [0.717, 1.165) is 12.8 Å². The number of allylic oxidation sites excluding steroid dienone is 1. The van der Waals surface area contributed by atoms with E-state index in [2.05, 4.69) is 13.2 Å². The Morgan fingerprint density at radius 1 is 0.512 bits per heavy atom. The van der Waals surface area contributed by atoms with Crippen molar-refractivity contribution in [3.8, 4) is 0 Å². The van der Waals surface area contributed by atoms with E-state index >= 15 is 0 Å². The van der Waals surface area contributed by atoms with E-state index in [4.69, 9.17) is 9.84 Å². The summed E-state index contributed by atoms with van der Waals surface area (Å²) in [6.07, 6.45) is 40.5. The molecular weight excluding hydrogens is 508 g/mol. The lowest BCUT2D eigenvalue weighted by Gasteiger charge is -2.13. The second-order valence-electron chi connectivity index (χ2n) is 12.3. The van der Waals surface area contributed by atoms with Crippen molar-refractivity contribution in [1.82, 2.24) is 0 Å². The van der Waals surface area contributed by atoms with Gasteiger partial charge in [-0.15, -0.1) is 6.58 Å². The highest BCUT2D eigenvalue weighted by molar-refractivity contribution is 5.79. The van der Waals surface area contributed by atoms with Gasteiger partial charge in [-0.25, -0.2) is 0 Å². The Bertz CT molecular complexity index is 600. The number of aliphatic carboxylic acids is 1. The van der Waals surface area contributed by atoms with Gasteiger partial charge in [0.15, 0.2) is 0 Å². The van der Waals surface area contributed by atoms with Gasteiger partial charge in [0.25, 0.3) is 0 Å². The molecule has 0 amide bonds. The van der Waals surface area contributed by atoms with Gasteiger partial charge in [-0.2, -0.15) is 0 Å². The van der Waals surface area contributed by atoms with Crippen LogP contribution in [0.5, 0.6) is 0 Å². The molecule has 41 heavy (non-hydrogen) atoms. The van der Waals surface area contributed by atoms with E-state index in [-0.39, 0.29) is 13.0 Å². The molecule has 0 saturated carbocycles. The monoisotopic (exact) mass is 577 g/mol. The molecule has 0 rings (SSSR count). The van der Waals surface area contributed by atoms with Crippen LogP contribution >= 0.6 is 0 Å². The molecule has 1 N–H and O–H groups in total. The smallest absolute Gasteiger partial charge is 0.309 e. The SMILES string of the molecule is C=CCCCCCCCCCCCCCCCCCCCCCCCCCCCCC(CC(=O)O)C(=O)OCC=C. The number of rotatable bonds is 34. The molecule has 0 bridgehead atoms. The molecule has 4 nitrogen and oxygen atoms in total. The van der Waals surface area contributed by atoms with Crippen LogP contribution in [0.15, 0.2) is 25.3 Å². The molecule has 0 aliphatic rings. The molecule has 0 heterocycles. The molecule has 0 aromatic rings. The van der Waals surface area contributed by atoms with Crippen LogP contribution < -0.4 is 0 Å². The molecule has 0 saturated heterocycles. The highest BCUT2D eigenvalue weighted by atomic mass is 16.5. The third kappa shape index (κ3) is 31.2. The van der Waals surface area contributed by atoms with Crippen LogP contribution in [0.2, 0.25) is 0 Å². The van der Waals surface area contributed by atoms with E-state index in [9.17, 15) is 9.59 Å². The Morgan fingerprint density at radius 3 is 1.12 bits per heavy atom. The van der Waals surface area contributed by atoms with E-state index in [1.54, 1.807) is 0 Å². The predicted octanol–water partition coefficient (Wildman–Crippen LogP) is 11.9. The lowest BCUT2D eigenvalue weighted by molar-refractivity contribution is -0.152. The van der Waals surface area contributed by atoms with Crippen molar-refractivity contribution in [1.29, 1.82) is 0 Å². The number of esters is 1. The van der Waals surface area contributed by atoms with Crippen LogP contribution in [-0.2, 0) is 14.3 Å². The van der Waals surface area contributed by atoms with Gasteiger partial charge in [-0.05, 0) is 19.3 Å². The molecule has 0 fully saturated rings. The standard InChI is InChI=1S/C37H68O4/c1-3-5-6-7-8-9-10-11-12-13-14-15-16-17-18-19-20-21-22-23-24-25-26-27-28-29-30-31-32-35(34-36(38)39)37(40)41-33-4-2/h3-4,35H,1-2,5-34H2,(H,38,39). The van der Waals surface area contributed by atoms with Crippen LogP contribution in [0.4, 0.5) is 0 Å². The minimum atomic E-state index is -0.941. The van der Waals surface area contributed by atoms with Gasteiger partial charge >= 0.3 is 11.9 Å². The van der Waals surface area contributed by atoms with Crippen LogP contribution in [-0.4, -0.2) is 23.7 Å². The first-order valence-electron chi connectivity index (χ1n) is 17.7. The van der Waals surface area contributed by atoms with Crippen molar-refractivity contribution in [2.75, 3.05) is 6.61 Å². The summed E-state index contributed by atoms with van der Waals surface area (Å²) in [5.41, 5.74) is 0. The fourth-order valence-electron chi connectivity index (χ4n) is 5.69. The van der Waals surface area contributed by atoms with Crippen molar-refractivity contribution < 1.29 is 19.4 Å². The summed E-state index contributed by atoms with van der Waals surface area (Å²) >= 11 is 0. The zero-order chi connectivity index (χ0) is 30.1. The number of carboxylic acid groups (broad SMARTS) is 1. The summed E-state index contributed by atoms with van der Waals surface area (Å²) in [5, 5.41) is 9.03. The summed E-state index contributed by atoms with van der Waals surface area (Å²) in [7, 11) is 0. The van der Waals surface area contributed by atoms with Crippen LogP contribution in [0.3, 0.4) is 0 Å². The van der Waals surface area contributed by atoms with E-state index in [0.29, 0.717) is 6.42 Å². The number of carbonyl (C=O) groups excluding carboxylic acids is 1. The second kappa shape index (κ2) is 32.9. The Kier molecular flexibility index (Phi) is 31.7. The summed E-state index contributed by atoms with van der Waals surface area (Å²) < 4.78 is 5.05. The zero-order valence-corrected chi connectivity index (χ0v) is 27.0. The van der Waals surface area contributed by atoms with Crippen LogP contribution in [0.1, 0.15) is 186 Å². The average Bonchev–Trinajstić information content (AvgIpc) is 2.96. The van der Waals surface area contributed by atoms with Gasteiger partial charge in [0.2, 0.25) is 0 Å². The first kappa shape index (κ1) is 39.4. The molecule has 1 unspecified atom stereocenters. The maximum absolute atomic E-state index is 12.0. The first-order valence-corrected chi connectivity index (χ1v) is 17.7. The molecular formula is C37H68O4. The van der Waals surface area contributed by atoms with Crippen LogP contribution in [0, 0.1) is 5.92 Å². The third-order valence-corrected chi connectivity index (χ3v) is 8.31. The molecule has 4 heteroatoms. The highest BCUT2D eigenvalue weighted by Gasteiger charge is 2.22. The molecule has 0 aliphatic carbocycles. The predicted molar refractivity (Wildman–Crippen MR) is 176 cm³/mol. The van der Waals surface area contributed by atoms with Gasteiger partial charge in [0, 0.05) is 0 Å². The molecule has 1 atom stereocenters. The van der Waals surface area contributed by atoms with Crippen LogP contribution in [0.25, 0.3) is 0 Å². The Morgan fingerprint density at radius 2 is 0.829 bits per heavy atom. The van der Waals surface area contributed by atoms with Gasteiger partial charge in [0.1, 0.15) is 6.61 Å². The Balaban J connectivity index is 3.28. The molecule has 240 valence electrons. The van der Waals surface area contributed by atoms with E-state index < -0.39 is 17.9 Å². The minimum absolute atomic E-state index is 0.145. The van der Waals surface area contributed by atoms with Crippen molar-refractivity contribution in [3.05, 3.63) is 25.3 Å². The molecule has 0 aliphatic heterocycles. The summed E-state index contributed by atoms with van der Waals surface area (Å²) in [6, 6.07) is 0. The van der Waals surface area contributed by atoms with E-state index in [1.807, 2.05) is 6.08 Å². The van der Waals surface area contributed by atoms with Gasteiger partial charge < -0.3 is 9.84 Å². The highest BCUT2D eigenvalue weighted by Crippen LogP contribution is 2.19. The topological polar surface area (TPSA) is 63.6 Å². The average molecular weight is 577 g/mol. The van der Waals surface area contributed by atoms with Crippen molar-refractivity contribution in [2.45, 2.75) is 186 Å². The number of unbranched alkanes of at least 4 members (excludes halogenated alkanes) is 26. The maximum Gasteiger partial charge on any atom is 0.309 e. The lowest BCUT2D eigenvalue weighted by Crippen LogP contribution is -2.21. The van der Waals surface area contributed by atoms with Gasteiger partial charge in [-0.3, -0.25) is 9.59 Å². The fraction of sp³-hybridized carbons (Fsp3) is 0.838. The minimum Gasteiger partial charge on any atom is -0.481 e. The Hall–Kier alpha value is -1.58. The van der Waals surface area contributed by atoms with E-state index in [1.165, 1.54) is 167 Å². The fourth-order valence-corrected chi connectivity index (χ4v) is 5.69. The molecule has 0 spiro atoms. The number of ether oxygens (including phenoxy) is 1. The lowest BCUT2D eigenvalue weighted by atomic mass is 9.97. The number of hydrogen-bond acceptors (Lipinski definition) is 3. The zero-order valence-electron chi connectivity index (χ0n) is 27.0. The molecule has 0 aromatic carbocycles. The summed E-state index contributed by atoms with van der Waals surface area (Å²) in [5.74, 6) is -1.88. The van der Waals surface area contributed by atoms with Gasteiger partial charge in [0.05, 0.1) is 12.3 Å². The van der Waals surface area contributed by atoms with Crippen molar-refractivity contribution >= 4 is 11.9 Å². The quantitative estimate of drug-likeness (QED) is 0.0470. The van der Waals surface area contributed by atoms with Crippen molar-refractivity contribution in [2.24, 2.45) is 5.92 Å². The number of hydrogen-bond donors (Lipinski definition) is 1. The summed E-state index contributed by atoms with van der Waals surface area (Å²) in [6.45, 7) is 7.46. The number of carboxylic acids is 1. The normalized spacial score (nSPS) is 11.8. The molecule has 0 aromatic heterocycles. The second-order valence-corrected chi connectivity index (χ2v) is 12.3. The Labute approximate surface area is 255 Å². The van der Waals surface area contributed by atoms with Crippen molar-refractivity contribution in [3.63, 3.8) is 0 Å². The largest absolute Gasteiger partial charge is 0.481 e. The van der Waals surface area contributed by atoms with Gasteiger partial charge in [-0.1, -0.05) is 179 Å². The maximum atomic E-state index is 12.0. The molecule has 0 radical (unpaired) electrons. The third-order valence-electron chi connectivity index (χ3n) is 8.31. The first-order chi connectivity index (χ1) is 20.1. The summed E-state index contributed by atoms with van der Waals surface area (Å²) in [4.78, 5) is 23.0. The number of carbonyl (C=O) groups is 2.